The van der Waals surface area contributed by atoms with E-state index in [1.54, 1.807) is 0 Å². The van der Waals surface area contributed by atoms with E-state index in [1.807, 2.05) is 0 Å². The molecule has 0 N–H and O–H groups in total. The average molecular weight is 507 g/mol. The molecular weight excluding hydrogens is 456 g/mol. The van der Waals surface area contributed by atoms with Crippen molar-refractivity contribution in [1.29, 1.82) is 0 Å². The minimum atomic E-state index is 0.391. The van der Waals surface area contributed by atoms with E-state index in [1.165, 1.54) is 57.8 Å². The molecule has 0 spiro atoms. The molecule has 202 valence electrons. The molecule has 0 aliphatic heterocycles. The maximum absolute atomic E-state index is 4.23. The average Bonchev–Trinajstić information content (AvgIpc) is 3.20. The molecule has 10 atom stereocenters. The third-order valence-electron chi connectivity index (χ3n) is 13.4. The summed E-state index contributed by atoms with van der Waals surface area (Å²) in [6, 6.07) is 0. The molecule has 7 aliphatic rings. The highest BCUT2D eigenvalue weighted by molar-refractivity contribution is 5.30. The Kier molecular flexibility index (Phi) is 6.41. The van der Waals surface area contributed by atoms with E-state index in [0.717, 1.165) is 41.4 Å². The summed E-state index contributed by atoms with van der Waals surface area (Å²) in [5.74, 6) is 8.57. The minimum Gasteiger partial charge on any atom is -0.103 e. The van der Waals surface area contributed by atoms with Crippen molar-refractivity contribution < 1.29 is 0 Å². The van der Waals surface area contributed by atoms with E-state index in [9.17, 15) is 0 Å². The lowest BCUT2D eigenvalue weighted by Gasteiger charge is -2.62. The molecule has 0 bridgehead atoms. The fraction of sp³-hybridized carbons (Fsp3) is 0.632. The Morgan fingerprint density at radius 2 is 1.45 bits per heavy atom. The quantitative estimate of drug-likeness (QED) is 0.301. The predicted molar refractivity (Wildman–Crippen MR) is 161 cm³/mol. The lowest BCUT2D eigenvalue weighted by Crippen LogP contribution is -2.56. The van der Waals surface area contributed by atoms with Gasteiger partial charge in [-0.25, -0.2) is 0 Å². The minimum absolute atomic E-state index is 0.391. The van der Waals surface area contributed by atoms with Crippen molar-refractivity contribution in [2.45, 2.75) is 71.6 Å². The Labute approximate surface area is 232 Å². The zero-order valence-corrected chi connectivity index (χ0v) is 23.9. The second-order valence-electron chi connectivity index (χ2n) is 14.7. The Morgan fingerprint density at radius 1 is 0.763 bits per heavy atom. The van der Waals surface area contributed by atoms with Gasteiger partial charge in [0, 0.05) is 5.41 Å². The molecule has 0 heterocycles. The van der Waals surface area contributed by atoms with Crippen molar-refractivity contribution in [2.24, 2.45) is 75.9 Å². The standard InChI is InChI=1S/C38H50/c1-4-12-29-25-27(34-18-9-10-22-38(29,34)30-23-26(2)24-30)20-21-36-33-16-6-5-15-31(33)32-17-7-8-19-35(32)37(36,3)28-13-11-14-28/h4-10,15-19,22,26-36H,1,11-14,20-21,23-25H2,2-3H3. The normalized spacial score (nSPS) is 50.2. The summed E-state index contributed by atoms with van der Waals surface area (Å²) in [6.07, 6.45) is 44.9. The molecule has 0 saturated heterocycles. The van der Waals surface area contributed by atoms with Crippen LogP contribution in [0.5, 0.6) is 0 Å². The SMILES string of the molecule is C=CCC1CC(CCC2C3C=CC=CC3C3C=CC=CC3C2(C)C2CCC2)C2C=CC=CC12C1CC(C)C1. The summed E-state index contributed by atoms with van der Waals surface area (Å²) in [5.41, 5.74) is 0.810. The highest BCUT2D eigenvalue weighted by Crippen LogP contribution is 2.67. The molecule has 38 heavy (non-hydrogen) atoms. The number of fused-ring (bicyclic) bond motifs is 4. The monoisotopic (exact) mass is 506 g/mol. The highest BCUT2D eigenvalue weighted by Gasteiger charge is 2.60. The van der Waals surface area contributed by atoms with Gasteiger partial charge >= 0.3 is 0 Å². The first-order valence-corrected chi connectivity index (χ1v) is 16.2. The van der Waals surface area contributed by atoms with Crippen molar-refractivity contribution in [3.05, 3.63) is 85.6 Å². The van der Waals surface area contributed by atoms with Crippen LogP contribution in [-0.4, -0.2) is 0 Å². The third kappa shape index (κ3) is 3.60. The summed E-state index contributed by atoms with van der Waals surface area (Å²) in [6.45, 7) is 9.43. The van der Waals surface area contributed by atoms with E-state index in [-0.39, 0.29) is 0 Å². The predicted octanol–water partition coefficient (Wildman–Crippen LogP) is 9.91. The van der Waals surface area contributed by atoms with Crippen LogP contribution >= 0.6 is 0 Å². The van der Waals surface area contributed by atoms with Crippen LogP contribution in [0.4, 0.5) is 0 Å². The van der Waals surface area contributed by atoms with Crippen molar-refractivity contribution in [3.8, 4) is 0 Å². The van der Waals surface area contributed by atoms with E-state index >= 15 is 0 Å². The van der Waals surface area contributed by atoms with Gasteiger partial charge in [-0.1, -0.05) is 99.3 Å². The first-order valence-electron chi connectivity index (χ1n) is 16.2. The topological polar surface area (TPSA) is 0 Å². The van der Waals surface area contributed by atoms with Gasteiger partial charge in [0.25, 0.3) is 0 Å². The highest BCUT2D eigenvalue weighted by atomic mass is 14.6. The van der Waals surface area contributed by atoms with Gasteiger partial charge in [-0.2, -0.15) is 0 Å². The van der Waals surface area contributed by atoms with Gasteiger partial charge in [-0.15, -0.1) is 6.58 Å². The lowest BCUT2D eigenvalue weighted by atomic mass is 9.42. The number of hydrogen-bond donors (Lipinski definition) is 0. The molecule has 0 aromatic carbocycles. The van der Waals surface area contributed by atoms with Gasteiger partial charge < -0.3 is 0 Å². The van der Waals surface area contributed by atoms with Crippen LogP contribution in [0.2, 0.25) is 0 Å². The summed E-state index contributed by atoms with van der Waals surface area (Å²) < 4.78 is 0. The summed E-state index contributed by atoms with van der Waals surface area (Å²) in [7, 11) is 0. The smallest absolute Gasteiger partial charge is 0.00100 e. The van der Waals surface area contributed by atoms with Gasteiger partial charge in [0.1, 0.15) is 0 Å². The van der Waals surface area contributed by atoms with Gasteiger partial charge in [0.15, 0.2) is 0 Å². The molecule has 4 fully saturated rings. The van der Waals surface area contributed by atoms with Gasteiger partial charge in [0.2, 0.25) is 0 Å². The molecule has 0 radical (unpaired) electrons. The molecule has 0 nitrogen and oxygen atoms in total. The maximum Gasteiger partial charge on any atom is 0.00100 e. The molecule has 7 aliphatic carbocycles. The van der Waals surface area contributed by atoms with E-state index in [2.05, 4.69) is 99.4 Å². The Morgan fingerprint density at radius 3 is 2.16 bits per heavy atom. The fourth-order valence-corrected chi connectivity index (χ4v) is 11.4. The Balaban J connectivity index is 1.19. The van der Waals surface area contributed by atoms with Crippen LogP contribution < -0.4 is 0 Å². The molecule has 7 rings (SSSR count). The molecule has 0 heteroatoms. The maximum atomic E-state index is 4.23. The molecule has 0 amide bonds. The molecule has 0 aromatic rings. The van der Waals surface area contributed by atoms with Crippen molar-refractivity contribution >= 4 is 0 Å². The van der Waals surface area contributed by atoms with Crippen LogP contribution in [0.3, 0.4) is 0 Å². The van der Waals surface area contributed by atoms with Crippen LogP contribution in [0.25, 0.3) is 0 Å². The van der Waals surface area contributed by atoms with E-state index in [0.29, 0.717) is 34.5 Å². The van der Waals surface area contributed by atoms with Crippen LogP contribution in [0.15, 0.2) is 85.6 Å². The van der Waals surface area contributed by atoms with Gasteiger partial charge in [-0.05, 0) is 122 Å². The zero-order valence-electron chi connectivity index (χ0n) is 23.9. The van der Waals surface area contributed by atoms with Crippen LogP contribution in [0, 0.1) is 75.9 Å². The number of rotatable bonds is 7. The molecule has 0 aromatic heterocycles. The Bertz CT molecular complexity index is 1090. The second-order valence-corrected chi connectivity index (χ2v) is 14.7. The molecule has 10 unspecified atom stereocenters. The fourth-order valence-electron chi connectivity index (χ4n) is 11.4. The largest absolute Gasteiger partial charge is 0.103 e. The van der Waals surface area contributed by atoms with Crippen molar-refractivity contribution in [1.82, 2.24) is 0 Å². The first kappa shape index (κ1) is 25.2. The van der Waals surface area contributed by atoms with Gasteiger partial charge in [-0.3, -0.25) is 0 Å². The number of hydrogen-bond acceptors (Lipinski definition) is 0. The molecular formula is C38H50. The summed E-state index contributed by atoms with van der Waals surface area (Å²) in [5, 5.41) is 0. The summed E-state index contributed by atoms with van der Waals surface area (Å²) >= 11 is 0. The third-order valence-corrected chi connectivity index (χ3v) is 13.4. The second kappa shape index (κ2) is 9.67. The van der Waals surface area contributed by atoms with E-state index < -0.39 is 0 Å². The van der Waals surface area contributed by atoms with Crippen LogP contribution in [0.1, 0.15) is 71.6 Å². The van der Waals surface area contributed by atoms with Gasteiger partial charge in [0.05, 0.1) is 0 Å². The number of allylic oxidation sites excluding steroid dienone is 13. The summed E-state index contributed by atoms with van der Waals surface area (Å²) in [4.78, 5) is 0. The Hall–Kier alpha value is -1.82. The van der Waals surface area contributed by atoms with Crippen LogP contribution in [-0.2, 0) is 0 Å². The first-order chi connectivity index (χ1) is 18.6. The van der Waals surface area contributed by atoms with Crippen molar-refractivity contribution in [3.63, 3.8) is 0 Å². The molecule has 4 saturated carbocycles. The zero-order chi connectivity index (χ0) is 25.9. The van der Waals surface area contributed by atoms with E-state index in [4.69, 9.17) is 0 Å². The van der Waals surface area contributed by atoms with Crippen molar-refractivity contribution in [2.75, 3.05) is 0 Å². The lowest BCUT2D eigenvalue weighted by molar-refractivity contribution is -0.0917.